The van der Waals surface area contributed by atoms with Gasteiger partial charge in [0.25, 0.3) is 0 Å². The third-order valence-corrected chi connectivity index (χ3v) is 3.41. The van der Waals surface area contributed by atoms with Crippen LogP contribution in [0.1, 0.15) is 12.5 Å². The molecule has 96 valence electrons. The van der Waals surface area contributed by atoms with Crippen LogP contribution in [0.4, 0.5) is 5.69 Å². The van der Waals surface area contributed by atoms with Crippen LogP contribution in [0.25, 0.3) is 0 Å². The normalized spacial score (nSPS) is 17.5. The summed E-state index contributed by atoms with van der Waals surface area (Å²) in [5.74, 6) is 0.263. The number of anilines is 1. The first-order valence-corrected chi connectivity index (χ1v) is 6.47. The summed E-state index contributed by atoms with van der Waals surface area (Å²) in [6.07, 6.45) is 2.61. The van der Waals surface area contributed by atoms with Gasteiger partial charge in [-0.25, -0.2) is 0 Å². The van der Waals surface area contributed by atoms with Crippen LogP contribution in [0, 0.1) is 5.92 Å². The maximum atomic E-state index is 12.4. The number of carbonyl (C=O) groups is 1. The number of hydrogen-bond donors (Lipinski definition) is 1. The number of nitrogens with one attached hydrogen (secondary N) is 1. The smallest absolute Gasteiger partial charge is 0.228 e. The fourth-order valence-corrected chi connectivity index (χ4v) is 2.41. The van der Waals surface area contributed by atoms with Crippen LogP contribution < -0.4 is 5.32 Å². The highest BCUT2D eigenvalue weighted by Crippen LogP contribution is 2.25. The van der Waals surface area contributed by atoms with Crippen molar-refractivity contribution in [2.24, 2.45) is 5.92 Å². The number of fused-ring (bicyclic) bond motifs is 1. The summed E-state index contributed by atoms with van der Waals surface area (Å²) in [5, 5.41) is 3.34. The van der Waals surface area contributed by atoms with E-state index in [-0.39, 0.29) is 11.8 Å². The van der Waals surface area contributed by atoms with Gasteiger partial charge in [-0.3, -0.25) is 4.79 Å². The Balaban J connectivity index is 2.08. The van der Waals surface area contributed by atoms with Gasteiger partial charge in [0.15, 0.2) is 0 Å². The van der Waals surface area contributed by atoms with Crippen molar-refractivity contribution in [3.05, 3.63) is 42.5 Å². The van der Waals surface area contributed by atoms with Gasteiger partial charge in [-0.05, 0) is 25.0 Å². The molecule has 18 heavy (non-hydrogen) atoms. The Hall–Kier alpha value is -1.77. The number of amides is 1. The van der Waals surface area contributed by atoms with Crippen molar-refractivity contribution >= 4 is 11.6 Å². The summed E-state index contributed by atoms with van der Waals surface area (Å²) < 4.78 is 0. The van der Waals surface area contributed by atoms with Crippen LogP contribution in [0.2, 0.25) is 0 Å². The molecule has 1 amide bonds. The number of para-hydroxylation sites is 1. The van der Waals surface area contributed by atoms with Crippen molar-refractivity contribution < 1.29 is 4.79 Å². The number of likely N-dealkylation sites (N-methyl/N-ethyl adjacent to an activating group) is 1. The standard InChI is InChI=1S/C15H20N2O/c1-3-9-17(4-2)15(18)13-10-12-7-5-6-8-14(12)16-11-13/h3,5-8,13,16H,1,4,9-11H2,2H3. The first-order chi connectivity index (χ1) is 8.76. The van der Waals surface area contributed by atoms with E-state index in [1.807, 2.05) is 24.0 Å². The molecule has 1 aliphatic rings. The van der Waals surface area contributed by atoms with E-state index < -0.39 is 0 Å². The minimum atomic E-state index is 0.0415. The number of nitrogens with zero attached hydrogens (tertiary/aromatic N) is 1. The minimum Gasteiger partial charge on any atom is -0.384 e. The molecular weight excluding hydrogens is 224 g/mol. The molecule has 0 aliphatic carbocycles. The van der Waals surface area contributed by atoms with E-state index in [9.17, 15) is 4.79 Å². The van der Waals surface area contributed by atoms with E-state index in [4.69, 9.17) is 0 Å². The number of carbonyl (C=O) groups excluding carboxylic acids is 1. The Labute approximate surface area is 108 Å². The van der Waals surface area contributed by atoms with Crippen LogP contribution in [0.3, 0.4) is 0 Å². The molecule has 3 nitrogen and oxygen atoms in total. The second-order valence-corrected chi connectivity index (χ2v) is 4.60. The van der Waals surface area contributed by atoms with Gasteiger partial charge in [0.2, 0.25) is 5.91 Å². The Bertz CT molecular complexity index is 442. The van der Waals surface area contributed by atoms with Crippen LogP contribution in [0.15, 0.2) is 36.9 Å². The Kier molecular flexibility index (Phi) is 4.03. The lowest BCUT2D eigenvalue weighted by Crippen LogP contribution is -2.41. The molecular formula is C15H20N2O. The van der Waals surface area contributed by atoms with Gasteiger partial charge in [0.1, 0.15) is 0 Å². The van der Waals surface area contributed by atoms with Gasteiger partial charge >= 0.3 is 0 Å². The van der Waals surface area contributed by atoms with Crippen LogP contribution in [-0.4, -0.2) is 30.4 Å². The van der Waals surface area contributed by atoms with E-state index in [1.165, 1.54) is 5.56 Å². The second-order valence-electron chi connectivity index (χ2n) is 4.60. The molecule has 1 aromatic rings. The van der Waals surface area contributed by atoms with Crippen molar-refractivity contribution in [2.45, 2.75) is 13.3 Å². The maximum absolute atomic E-state index is 12.4. The first-order valence-electron chi connectivity index (χ1n) is 6.47. The van der Waals surface area contributed by atoms with E-state index in [0.29, 0.717) is 6.54 Å². The zero-order valence-electron chi connectivity index (χ0n) is 10.9. The van der Waals surface area contributed by atoms with Crippen molar-refractivity contribution in [3.8, 4) is 0 Å². The molecule has 0 bridgehead atoms. The number of rotatable bonds is 4. The molecule has 1 unspecified atom stereocenters. The van der Waals surface area contributed by atoms with Crippen molar-refractivity contribution in [2.75, 3.05) is 25.0 Å². The van der Waals surface area contributed by atoms with Gasteiger partial charge in [-0.1, -0.05) is 24.3 Å². The zero-order valence-corrected chi connectivity index (χ0v) is 10.9. The molecule has 1 atom stereocenters. The highest BCUT2D eigenvalue weighted by Gasteiger charge is 2.26. The molecule has 0 saturated heterocycles. The second kappa shape index (κ2) is 5.71. The highest BCUT2D eigenvalue weighted by molar-refractivity contribution is 5.81. The first kappa shape index (κ1) is 12.7. The van der Waals surface area contributed by atoms with Crippen LogP contribution in [-0.2, 0) is 11.2 Å². The average molecular weight is 244 g/mol. The predicted molar refractivity (Wildman–Crippen MR) is 74.6 cm³/mol. The Morgan fingerprint density at radius 3 is 3.06 bits per heavy atom. The fraction of sp³-hybridized carbons (Fsp3) is 0.400. The lowest BCUT2D eigenvalue weighted by atomic mass is 9.93. The number of benzene rings is 1. The Morgan fingerprint density at radius 2 is 2.33 bits per heavy atom. The SMILES string of the molecule is C=CCN(CC)C(=O)C1CNc2ccccc2C1. The summed E-state index contributed by atoms with van der Waals surface area (Å²) in [6.45, 7) is 7.81. The van der Waals surface area contributed by atoms with E-state index in [2.05, 4.69) is 24.0 Å². The molecule has 0 saturated carbocycles. The van der Waals surface area contributed by atoms with E-state index in [0.717, 1.165) is 25.2 Å². The quantitative estimate of drug-likeness (QED) is 0.824. The fourth-order valence-electron chi connectivity index (χ4n) is 2.41. The molecule has 0 radical (unpaired) electrons. The molecule has 0 fully saturated rings. The minimum absolute atomic E-state index is 0.0415. The molecule has 0 spiro atoms. The van der Waals surface area contributed by atoms with E-state index in [1.54, 1.807) is 6.08 Å². The molecule has 1 aromatic carbocycles. The van der Waals surface area contributed by atoms with E-state index >= 15 is 0 Å². The van der Waals surface area contributed by atoms with Gasteiger partial charge < -0.3 is 10.2 Å². The average Bonchev–Trinajstić information content (AvgIpc) is 2.43. The van der Waals surface area contributed by atoms with Crippen LogP contribution in [0.5, 0.6) is 0 Å². The summed E-state index contributed by atoms with van der Waals surface area (Å²) in [4.78, 5) is 14.2. The van der Waals surface area contributed by atoms with Gasteiger partial charge in [-0.15, -0.1) is 6.58 Å². The van der Waals surface area contributed by atoms with Gasteiger partial charge in [0.05, 0.1) is 5.92 Å². The van der Waals surface area contributed by atoms with Crippen molar-refractivity contribution in [1.29, 1.82) is 0 Å². The van der Waals surface area contributed by atoms with Crippen molar-refractivity contribution in [3.63, 3.8) is 0 Å². The highest BCUT2D eigenvalue weighted by atomic mass is 16.2. The monoisotopic (exact) mass is 244 g/mol. The lowest BCUT2D eigenvalue weighted by Gasteiger charge is -2.29. The molecule has 2 rings (SSSR count). The molecule has 3 heteroatoms. The summed E-state index contributed by atoms with van der Waals surface area (Å²) in [7, 11) is 0. The third kappa shape index (κ3) is 2.55. The van der Waals surface area contributed by atoms with Crippen molar-refractivity contribution in [1.82, 2.24) is 4.90 Å². The zero-order chi connectivity index (χ0) is 13.0. The largest absolute Gasteiger partial charge is 0.384 e. The predicted octanol–water partition coefficient (Wildman–Crippen LogP) is 2.31. The van der Waals surface area contributed by atoms with Gasteiger partial charge in [0, 0.05) is 25.3 Å². The molecule has 1 heterocycles. The topological polar surface area (TPSA) is 32.3 Å². The summed E-state index contributed by atoms with van der Waals surface area (Å²) in [6, 6.07) is 8.20. The third-order valence-electron chi connectivity index (χ3n) is 3.41. The van der Waals surface area contributed by atoms with Gasteiger partial charge in [-0.2, -0.15) is 0 Å². The summed E-state index contributed by atoms with van der Waals surface area (Å²) in [5.41, 5.74) is 2.39. The Morgan fingerprint density at radius 1 is 1.56 bits per heavy atom. The molecule has 0 aromatic heterocycles. The maximum Gasteiger partial charge on any atom is 0.228 e. The van der Waals surface area contributed by atoms with Crippen LogP contribution >= 0.6 is 0 Å². The lowest BCUT2D eigenvalue weighted by molar-refractivity contribution is -0.134. The molecule has 1 aliphatic heterocycles. The molecule has 1 N–H and O–H groups in total. The summed E-state index contributed by atoms with van der Waals surface area (Å²) >= 11 is 0. The number of hydrogen-bond acceptors (Lipinski definition) is 2.